The zero-order valence-corrected chi connectivity index (χ0v) is 17.9. The molecule has 4 nitrogen and oxygen atoms in total. The van der Waals surface area contributed by atoms with Gasteiger partial charge in [-0.05, 0) is 55.1 Å². The Labute approximate surface area is 164 Å². The topological polar surface area (TPSA) is 54.5 Å². The molecule has 0 aliphatic carbocycles. The molecule has 2 aliphatic rings. The number of hydrogen-bond acceptors (Lipinski definition) is 3. The van der Waals surface area contributed by atoms with Gasteiger partial charge in [0.25, 0.3) is 0 Å². The van der Waals surface area contributed by atoms with Gasteiger partial charge in [-0.25, -0.2) is 8.42 Å². The summed E-state index contributed by atoms with van der Waals surface area (Å²) >= 11 is 0. The van der Waals surface area contributed by atoms with E-state index in [-0.39, 0.29) is 34.3 Å². The Morgan fingerprint density at radius 2 is 1.89 bits per heavy atom. The Kier molecular flexibility index (Phi) is 5.46. The third kappa shape index (κ3) is 4.74. The molecule has 2 aliphatic heterocycles. The number of carbonyl (C=O) groups excluding carboxylic acids is 1. The van der Waals surface area contributed by atoms with Crippen LogP contribution < -0.4 is 0 Å². The predicted molar refractivity (Wildman–Crippen MR) is 110 cm³/mol. The monoisotopic (exact) mass is 391 g/mol. The van der Waals surface area contributed by atoms with E-state index in [1.54, 1.807) is 0 Å². The summed E-state index contributed by atoms with van der Waals surface area (Å²) in [7, 11) is -2.93. The number of sulfone groups is 1. The first-order valence-electron chi connectivity index (χ1n) is 10.1. The van der Waals surface area contributed by atoms with Gasteiger partial charge >= 0.3 is 0 Å². The van der Waals surface area contributed by atoms with Crippen LogP contribution in [0.4, 0.5) is 0 Å². The summed E-state index contributed by atoms with van der Waals surface area (Å²) in [6.45, 7) is 9.60. The highest BCUT2D eigenvalue weighted by molar-refractivity contribution is 7.91. The third-order valence-electron chi connectivity index (χ3n) is 6.24. The molecular formula is C22H33NO3S. The summed E-state index contributed by atoms with van der Waals surface area (Å²) in [6.07, 6.45) is 3.88. The Morgan fingerprint density at radius 1 is 1.22 bits per heavy atom. The van der Waals surface area contributed by atoms with E-state index in [4.69, 9.17) is 0 Å². The number of rotatable bonds is 4. The SMILES string of the molecule is CC(C)(C)c1ccc(CC2(C)CCCN2C(=O)CC2CCS(=O)(=O)C2)cc1. The van der Waals surface area contributed by atoms with E-state index in [9.17, 15) is 13.2 Å². The molecule has 2 unspecified atom stereocenters. The Morgan fingerprint density at radius 3 is 2.44 bits per heavy atom. The molecular weight excluding hydrogens is 358 g/mol. The van der Waals surface area contributed by atoms with Gasteiger partial charge in [0, 0.05) is 18.5 Å². The highest BCUT2D eigenvalue weighted by Crippen LogP contribution is 2.35. The third-order valence-corrected chi connectivity index (χ3v) is 8.08. The molecule has 1 amide bonds. The average molecular weight is 392 g/mol. The lowest BCUT2D eigenvalue weighted by molar-refractivity contribution is -0.135. The maximum atomic E-state index is 12.9. The maximum Gasteiger partial charge on any atom is 0.223 e. The van der Waals surface area contributed by atoms with Crippen molar-refractivity contribution in [2.75, 3.05) is 18.1 Å². The fourth-order valence-corrected chi connectivity index (χ4v) is 6.45. The van der Waals surface area contributed by atoms with Crippen molar-refractivity contribution >= 4 is 15.7 Å². The van der Waals surface area contributed by atoms with Gasteiger partial charge in [-0.2, -0.15) is 0 Å². The van der Waals surface area contributed by atoms with Crippen molar-refractivity contribution < 1.29 is 13.2 Å². The van der Waals surface area contributed by atoms with E-state index in [0.29, 0.717) is 12.8 Å². The van der Waals surface area contributed by atoms with Crippen LogP contribution in [0.1, 0.15) is 64.5 Å². The Bertz CT molecular complexity index is 792. The van der Waals surface area contributed by atoms with Gasteiger partial charge in [0.2, 0.25) is 5.91 Å². The summed E-state index contributed by atoms with van der Waals surface area (Å²) in [5.74, 6) is 0.543. The lowest BCUT2D eigenvalue weighted by Gasteiger charge is -2.36. The van der Waals surface area contributed by atoms with Crippen LogP contribution in [-0.4, -0.2) is 42.8 Å². The van der Waals surface area contributed by atoms with E-state index < -0.39 is 9.84 Å². The Balaban J connectivity index is 1.67. The van der Waals surface area contributed by atoms with Crippen molar-refractivity contribution in [3.8, 4) is 0 Å². The van der Waals surface area contributed by atoms with E-state index in [1.165, 1.54) is 11.1 Å². The first kappa shape index (κ1) is 20.4. The smallest absolute Gasteiger partial charge is 0.223 e. The molecule has 2 heterocycles. The first-order valence-corrected chi connectivity index (χ1v) is 11.9. The molecule has 0 bridgehead atoms. The summed E-state index contributed by atoms with van der Waals surface area (Å²) in [5.41, 5.74) is 2.55. The van der Waals surface area contributed by atoms with E-state index >= 15 is 0 Å². The van der Waals surface area contributed by atoms with Crippen molar-refractivity contribution in [1.29, 1.82) is 0 Å². The fraction of sp³-hybridized carbons (Fsp3) is 0.682. The van der Waals surface area contributed by atoms with Crippen LogP contribution in [0.25, 0.3) is 0 Å². The number of carbonyl (C=O) groups is 1. The van der Waals surface area contributed by atoms with Crippen LogP contribution in [-0.2, 0) is 26.5 Å². The summed E-state index contributed by atoms with van der Waals surface area (Å²) in [4.78, 5) is 15.0. The van der Waals surface area contributed by atoms with Crippen LogP contribution in [0, 0.1) is 5.92 Å². The van der Waals surface area contributed by atoms with Crippen LogP contribution in [0.15, 0.2) is 24.3 Å². The molecule has 5 heteroatoms. The van der Waals surface area contributed by atoms with E-state index in [0.717, 1.165) is 25.8 Å². The zero-order valence-electron chi connectivity index (χ0n) is 17.1. The molecule has 1 aromatic carbocycles. The van der Waals surface area contributed by atoms with Crippen molar-refractivity contribution in [2.24, 2.45) is 5.92 Å². The molecule has 2 atom stereocenters. The van der Waals surface area contributed by atoms with Crippen LogP contribution in [0.3, 0.4) is 0 Å². The number of hydrogen-bond donors (Lipinski definition) is 0. The molecule has 150 valence electrons. The highest BCUT2D eigenvalue weighted by Gasteiger charge is 2.41. The molecule has 3 rings (SSSR count). The molecule has 0 saturated carbocycles. The van der Waals surface area contributed by atoms with Gasteiger partial charge < -0.3 is 4.90 Å². The highest BCUT2D eigenvalue weighted by atomic mass is 32.2. The number of amides is 1. The normalized spacial score (nSPS) is 27.9. The van der Waals surface area contributed by atoms with Crippen LogP contribution in [0.2, 0.25) is 0 Å². The van der Waals surface area contributed by atoms with E-state index in [1.807, 2.05) is 4.90 Å². The zero-order chi connectivity index (χ0) is 19.9. The van der Waals surface area contributed by atoms with E-state index in [2.05, 4.69) is 52.0 Å². The molecule has 1 aromatic rings. The number of likely N-dealkylation sites (tertiary alicyclic amines) is 1. The molecule has 2 saturated heterocycles. The van der Waals surface area contributed by atoms with Crippen molar-refractivity contribution in [3.05, 3.63) is 35.4 Å². The Hall–Kier alpha value is -1.36. The van der Waals surface area contributed by atoms with Gasteiger partial charge in [0.1, 0.15) is 0 Å². The van der Waals surface area contributed by atoms with Crippen molar-refractivity contribution in [1.82, 2.24) is 4.90 Å². The summed E-state index contributed by atoms with van der Waals surface area (Å²) < 4.78 is 23.4. The first-order chi connectivity index (χ1) is 12.5. The minimum Gasteiger partial charge on any atom is -0.337 e. The summed E-state index contributed by atoms with van der Waals surface area (Å²) in [5, 5.41) is 0. The van der Waals surface area contributed by atoms with Crippen LogP contribution in [0.5, 0.6) is 0 Å². The number of benzene rings is 1. The molecule has 0 spiro atoms. The van der Waals surface area contributed by atoms with Gasteiger partial charge in [-0.3, -0.25) is 4.79 Å². The lowest BCUT2D eigenvalue weighted by Crippen LogP contribution is -2.47. The minimum absolute atomic E-state index is 0.00146. The predicted octanol–water partition coefficient (Wildman–Crippen LogP) is 3.73. The standard InChI is InChI=1S/C22H33NO3S/c1-21(2,3)19-8-6-17(7-9-19)15-22(4)11-5-12-23(22)20(24)14-18-10-13-27(25,26)16-18/h6-9,18H,5,10-16H2,1-4H3. The van der Waals surface area contributed by atoms with Gasteiger partial charge in [0.05, 0.1) is 11.5 Å². The largest absolute Gasteiger partial charge is 0.337 e. The van der Waals surface area contributed by atoms with Crippen molar-refractivity contribution in [3.63, 3.8) is 0 Å². The molecule has 2 fully saturated rings. The fourth-order valence-electron chi connectivity index (χ4n) is 4.58. The summed E-state index contributed by atoms with van der Waals surface area (Å²) in [6, 6.07) is 8.78. The second-order valence-electron chi connectivity index (χ2n) is 9.74. The quantitative estimate of drug-likeness (QED) is 0.786. The maximum absolute atomic E-state index is 12.9. The minimum atomic E-state index is -2.93. The number of nitrogens with zero attached hydrogens (tertiary/aromatic N) is 1. The molecule has 27 heavy (non-hydrogen) atoms. The van der Waals surface area contributed by atoms with Gasteiger partial charge in [-0.1, -0.05) is 45.0 Å². The lowest BCUT2D eigenvalue weighted by atomic mass is 9.84. The van der Waals surface area contributed by atoms with Gasteiger partial charge in [0.15, 0.2) is 9.84 Å². The van der Waals surface area contributed by atoms with Crippen molar-refractivity contribution in [2.45, 2.75) is 70.8 Å². The second kappa shape index (κ2) is 7.23. The van der Waals surface area contributed by atoms with Gasteiger partial charge in [-0.15, -0.1) is 0 Å². The molecule has 0 radical (unpaired) electrons. The van der Waals surface area contributed by atoms with Crippen LogP contribution >= 0.6 is 0 Å². The average Bonchev–Trinajstić information content (AvgIpc) is 3.09. The second-order valence-corrected chi connectivity index (χ2v) is 12.0. The molecule has 0 N–H and O–H groups in total. The molecule has 0 aromatic heterocycles.